The molecule has 1 aliphatic heterocycles. The van der Waals surface area contributed by atoms with Crippen molar-refractivity contribution in [1.29, 1.82) is 0 Å². The Labute approximate surface area is 99.7 Å². The molecule has 1 aliphatic rings. The molecule has 90 valence electrons. The van der Waals surface area contributed by atoms with E-state index < -0.39 is 0 Å². The summed E-state index contributed by atoms with van der Waals surface area (Å²) in [6.07, 6.45) is 4.92. The van der Waals surface area contributed by atoms with Crippen LogP contribution in [0.1, 0.15) is 31.0 Å². The Morgan fingerprint density at radius 1 is 1.41 bits per heavy atom. The monoisotopic (exact) mass is 233 g/mol. The minimum atomic E-state index is -0.272. The van der Waals surface area contributed by atoms with Crippen LogP contribution in [0.3, 0.4) is 0 Å². The SMILES string of the molecule is Cn1c(C2CCCCN2)cc2cc(F)cnc21. The Balaban J connectivity index is 2.07. The largest absolute Gasteiger partial charge is 0.331 e. The van der Waals surface area contributed by atoms with Gasteiger partial charge in [0.05, 0.1) is 6.20 Å². The highest BCUT2D eigenvalue weighted by atomic mass is 19.1. The maximum atomic E-state index is 13.1. The molecule has 0 spiro atoms. The summed E-state index contributed by atoms with van der Waals surface area (Å²) in [5, 5.41) is 4.39. The fourth-order valence-electron chi connectivity index (χ4n) is 2.65. The predicted molar refractivity (Wildman–Crippen MR) is 65.3 cm³/mol. The number of pyridine rings is 1. The number of aryl methyl sites for hydroxylation is 1. The molecule has 4 heteroatoms. The van der Waals surface area contributed by atoms with Crippen LogP contribution in [0.25, 0.3) is 11.0 Å². The van der Waals surface area contributed by atoms with Crippen molar-refractivity contribution < 1.29 is 4.39 Å². The Morgan fingerprint density at radius 2 is 2.29 bits per heavy atom. The standard InChI is InChI=1S/C13H16FN3/c1-17-12(11-4-2-3-5-15-11)7-9-6-10(14)8-16-13(9)17/h6-8,11,15H,2-5H2,1H3. The first-order chi connectivity index (χ1) is 8.25. The van der Waals surface area contributed by atoms with Gasteiger partial charge in [0.2, 0.25) is 0 Å². The third-order valence-corrected chi connectivity index (χ3v) is 3.54. The van der Waals surface area contributed by atoms with Gasteiger partial charge in [0.15, 0.2) is 0 Å². The van der Waals surface area contributed by atoms with Gasteiger partial charge in [0.1, 0.15) is 11.5 Å². The molecule has 0 radical (unpaired) electrons. The van der Waals surface area contributed by atoms with Gasteiger partial charge >= 0.3 is 0 Å². The van der Waals surface area contributed by atoms with Crippen molar-refractivity contribution in [2.24, 2.45) is 7.05 Å². The maximum absolute atomic E-state index is 13.1. The van der Waals surface area contributed by atoms with Crippen LogP contribution in [0.4, 0.5) is 4.39 Å². The molecule has 1 unspecified atom stereocenters. The summed E-state index contributed by atoms with van der Waals surface area (Å²) in [5.74, 6) is -0.272. The fourth-order valence-corrected chi connectivity index (χ4v) is 2.65. The van der Waals surface area contributed by atoms with Crippen molar-refractivity contribution in [3.05, 3.63) is 29.8 Å². The number of halogens is 1. The molecule has 0 aromatic carbocycles. The van der Waals surface area contributed by atoms with Crippen LogP contribution in [-0.2, 0) is 7.05 Å². The van der Waals surface area contributed by atoms with Gasteiger partial charge in [-0.05, 0) is 31.5 Å². The molecule has 3 rings (SSSR count). The fraction of sp³-hybridized carbons (Fsp3) is 0.462. The number of hydrogen-bond acceptors (Lipinski definition) is 2. The summed E-state index contributed by atoms with van der Waals surface area (Å²) in [4.78, 5) is 4.16. The highest BCUT2D eigenvalue weighted by Crippen LogP contribution is 2.27. The predicted octanol–water partition coefficient (Wildman–Crippen LogP) is 2.53. The van der Waals surface area contributed by atoms with Crippen LogP contribution in [0, 0.1) is 5.82 Å². The first-order valence-corrected chi connectivity index (χ1v) is 6.10. The van der Waals surface area contributed by atoms with E-state index in [1.54, 1.807) is 6.07 Å². The van der Waals surface area contributed by atoms with Gasteiger partial charge in [-0.1, -0.05) is 6.42 Å². The van der Waals surface area contributed by atoms with E-state index in [1.807, 2.05) is 7.05 Å². The molecule has 0 aliphatic carbocycles. The van der Waals surface area contributed by atoms with Gasteiger partial charge in [0, 0.05) is 24.2 Å². The second-order valence-corrected chi connectivity index (χ2v) is 4.70. The minimum absolute atomic E-state index is 0.272. The van der Waals surface area contributed by atoms with Crippen LogP contribution in [0.15, 0.2) is 18.3 Å². The van der Waals surface area contributed by atoms with Crippen molar-refractivity contribution in [3.8, 4) is 0 Å². The van der Waals surface area contributed by atoms with Gasteiger partial charge in [-0.25, -0.2) is 9.37 Å². The van der Waals surface area contributed by atoms with E-state index in [-0.39, 0.29) is 5.82 Å². The molecule has 17 heavy (non-hydrogen) atoms. The Bertz CT molecular complexity index is 541. The van der Waals surface area contributed by atoms with Crippen LogP contribution in [0.5, 0.6) is 0 Å². The highest BCUT2D eigenvalue weighted by Gasteiger charge is 2.19. The zero-order valence-corrected chi connectivity index (χ0v) is 9.91. The zero-order valence-electron chi connectivity index (χ0n) is 9.91. The molecule has 1 atom stereocenters. The molecule has 3 nitrogen and oxygen atoms in total. The minimum Gasteiger partial charge on any atom is -0.331 e. The molecule has 0 saturated carbocycles. The van der Waals surface area contributed by atoms with Crippen molar-refractivity contribution >= 4 is 11.0 Å². The summed E-state index contributed by atoms with van der Waals surface area (Å²) < 4.78 is 15.2. The van der Waals surface area contributed by atoms with Gasteiger partial charge in [0.25, 0.3) is 0 Å². The molecule has 2 aromatic rings. The number of piperidine rings is 1. The Morgan fingerprint density at radius 3 is 3.06 bits per heavy atom. The van der Waals surface area contributed by atoms with Gasteiger partial charge in [-0.15, -0.1) is 0 Å². The number of hydrogen-bond donors (Lipinski definition) is 1. The first kappa shape index (κ1) is 10.7. The van der Waals surface area contributed by atoms with Crippen LogP contribution < -0.4 is 5.32 Å². The lowest BCUT2D eigenvalue weighted by molar-refractivity contribution is 0.399. The second kappa shape index (κ2) is 4.11. The average molecular weight is 233 g/mol. The van der Waals surface area contributed by atoms with Crippen molar-refractivity contribution in [2.75, 3.05) is 6.54 Å². The number of nitrogens with zero attached hydrogens (tertiary/aromatic N) is 2. The Kier molecular flexibility index (Phi) is 2.59. The lowest BCUT2D eigenvalue weighted by Crippen LogP contribution is -2.28. The van der Waals surface area contributed by atoms with Crippen LogP contribution >= 0.6 is 0 Å². The molecule has 0 bridgehead atoms. The summed E-state index contributed by atoms with van der Waals surface area (Å²) in [6.45, 7) is 1.06. The van der Waals surface area contributed by atoms with E-state index in [0.29, 0.717) is 6.04 Å². The van der Waals surface area contributed by atoms with E-state index in [4.69, 9.17) is 0 Å². The Hall–Kier alpha value is -1.42. The van der Waals surface area contributed by atoms with Gasteiger partial charge < -0.3 is 9.88 Å². The lowest BCUT2D eigenvalue weighted by Gasteiger charge is -2.24. The van der Waals surface area contributed by atoms with Crippen molar-refractivity contribution in [3.63, 3.8) is 0 Å². The van der Waals surface area contributed by atoms with E-state index in [9.17, 15) is 4.39 Å². The first-order valence-electron chi connectivity index (χ1n) is 6.10. The molecule has 1 saturated heterocycles. The summed E-state index contributed by atoms with van der Waals surface area (Å²) in [6, 6.07) is 3.98. The quantitative estimate of drug-likeness (QED) is 0.820. The number of rotatable bonds is 1. The van der Waals surface area contributed by atoms with Crippen LogP contribution in [0.2, 0.25) is 0 Å². The van der Waals surface area contributed by atoms with E-state index in [0.717, 1.165) is 24.0 Å². The molecule has 0 amide bonds. The maximum Gasteiger partial charge on any atom is 0.142 e. The topological polar surface area (TPSA) is 29.9 Å². The lowest BCUT2D eigenvalue weighted by atomic mass is 10.0. The molecular formula is C13H16FN3. The summed E-state index contributed by atoms with van der Waals surface area (Å²) in [7, 11) is 2.00. The molecule has 1 N–H and O–H groups in total. The van der Waals surface area contributed by atoms with E-state index in [2.05, 4.69) is 20.9 Å². The van der Waals surface area contributed by atoms with Gasteiger partial charge in [-0.3, -0.25) is 0 Å². The molecular weight excluding hydrogens is 217 g/mol. The normalized spacial score (nSPS) is 20.9. The van der Waals surface area contributed by atoms with Gasteiger partial charge in [-0.2, -0.15) is 0 Å². The van der Waals surface area contributed by atoms with Crippen molar-refractivity contribution in [1.82, 2.24) is 14.9 Å². The third kappa shape index (κ3) is 1.82. The molecule has 1 fully saturated rings. The summed E-state index contributed by atoms with van der Waals surface area (Å²) in [5.41, 5.74) is 2.06. The second-order valence-electron chi connectivity index (χ2n) is 4.70. The summed E-state index contributed by atoms with van der Waals surface area (Å²) >= 11 is 0. The zero-order chi connectivity index (χ0) is 11.8. The van der Waals surface area contributed by atoms with E-state index >= 15 is 0 Å². The van der Waals surface area contributed by atoms with Crippen LogP contribution in [-0.4, -0.2) is 16.1 Å². The number of nitrogens with one attached hydrogen (secondary N) is 1. The highest BCUT2D eigenvalue weighted by molar-refractivity contribution is 5.77. The third-order valence-electron chi connectivity index (χ3n) is 3.54. The van der Waals surface area contributed by atoms with E-state index in [1.165, 1.54) is 24.7 Å². The number of fused-ring (bicyclic) bond motifs is 1. The average Bonchev–Trinajstić information content (AvgIpc) is 2.67. The molecule has 3 heterocycles. The molecule has 2 aromatic heterocycles. The van der Waals surface area contributed by atoms with Crippen molar-refractivity contribution in [2.45, 2.75) is 25.3 Å². The number of aromatic nitrogens is 2. The smallest absolute Gasteiger partial charge is 0.142 e.